The van der Waals surface area contributed by atoms with Gasteiger partial charge in [-0.2, -0.15) is 5.26 Å². The summed E-state index contributed by atoms with van der Waals surface area (Å²) in [7, 11) is -3.61. The molecule has 5 nitrogen and oxygen atoms in total. The van der Waals surface area contributed by atoms with Crippen molar-refractivity contribution in [2.45, 2.75) is 11.8 Å². The van der Waals surface area contributed by atoms with Gasteiger partial charge in [0.25, 0.3) is 0 Å². The highest BCUT2D eigenvalue weighted by Crippen LogP contribution is 2.28. The quantitative estimate of drug-likeness (QED) is 0.859. The highest BCUT2D eigenvalue weighted by Gasteiger charge is 2.20. The summed E-state index contributed by atoms with van der Waals surface area (Å²) in [4.78, 5) is 10.8. The monoisotopic (exact) mass is 244 g/mol. The van der Waals surface area contributed by atoms with Crippen LogP contribution in [-0.2, 0) is 14.6 Å². The lowest BCUT2D eigenvalue weighted by Crippen LogP contribution is -2.10. The Balaban J connectivity index is 3.11. The molecule has 0 unspecified atom stereocenters. The molecule has 15 heavy (non-hydrogen) atoms. The number of amides is 1. The van der Waals surface area contributed by atoms with Crippen molar-refractivity contribution in [3.63, 3.8) is 0 Å². The van der Waals surface area contributed by atoms with E-state index in [0.29, 0.717) is 0 Å². The minimum atomic E-state index is -3.61. The van der Waals surface area contributed by atoms with Crippen LogP contribution in [0.5, 0.6) is 0 Å². The van der Waals surface area contributed by atoms with Crippen molar-refractivity contribution in [2.24, 2.45) is 0 Å². The molecule has 0 bridgehead atoms. The van der Waals surface area contributed by atoms with E-state index in [-0.39, 0.29) is 15.8 Å². The topological polar surface area (TPSA) is 87.0 Å². The fourth-order valence-corrected chi connectivity index (χ4v) is 3.23. The molecule has 1 rings (SSSR count). The van der Waals surface area contributed by atoms with E-state index >= 15 is 0 Å². The van der Waals surface area contributed by atoms with Crippen molar-refractivity contribution in [3.8, 4) is 6.07 Å². The fourth-order valence-electron chi connectivity index (χ4n) is 0.956. The van der Waals surface area contributed by atoms with E-state index in [1.165, 1.54) is 13.0 Å². The number of thiophene rings is 1. The van der Waals surface area contributed by atoms with Crippen LogP contribution < -0.4 is 5.32 Å². The number of anilines is 1. The first kappa shape index (κ1) is 11.7. The van der Waals surface area contributed by atoms with Crippen molar-refractivity contribution in [2.75, 3.05) is 11.1 Å². The Morgan fingerprint density at radius 3 is 2.87 bits per heavy atom. The average molecular weight is 244 g/mol. The van der Waals surface area contributed by atoms with Crippen LogP contribution in [0.3, 0.4) is 0 Å². The van der Waals surface area contributed by atoms with Gasteiger partial charge in [0.15, 0.2) is 9.84 Å². The minimum Gasteiger partial charge on any atom is -0.317 e. The number of carbonyl (C=O) groups is 1. The second-order valence-electron chi connectivity index (χ2n) is 2.71. The highest BCUT2D eigenvalue weighted by molar-refractivity contribution is 7.92. The van der Waals surface area contributed by atoms with Gasteiger partial charge in [-0.15, -0.1) is 11.3 Å². The third kappa shape index (κ3) is 2.78. The summed E-state index contributed by atoms with van der Waals surface area (Å²) < 4.78 is 23.1. The first-order chi connectivity index (χ1) is 6.97. The Kier molecular flexibility index (Phi) is 3.44. The van der Waals surface area contributed by atoms with E-state index in [9.17, 15) is 13.2 Å². The van der Waals surface area contributed by atoms with Crippen LogP contribution in [-0.4, -0.2) is 20.1 Å². The first-order valence-corrected chi connectivity index (χ1v) is 6.45. The van der Waals surface area contributed by atoms with Crippen LogP contribution in [0.2, 0.25) is 0 Å². The number of rotatable bonds is 3. The first-order valence-electron chi connectivity index (χ1n) is 3.92. The summed E-state index contributed by atoms with van der Waals surface area (Å²) in [6.45, 7) is 1.29. The Bertz CT molecular complexity index is 510. The van der Waals surface area contributed by atoms with Gasteiger partial charge < -0.3 is 5.32 Å². The summed E-state index contributed by atoms with van der Waals surface area (Å²) in [6.07, 6.45) is 0. The predicted molar refractivity (Wildman–Crippen MR) is 56.3 cm³/mol. The highest BCUT2D eigenvalue weighted by atomic mass is 32.2. The number of nitriles is 1. The third-order valence-electron chi connectivity index (χ3n) is 1.51. The van der Waals surface area contributed by atoms with Gasteiger partial charge in [-0.1, -0.05) is 0 Å². The van der Waals surface area contributed by atoms with E-state index in [1.54, 1.807) is 11.4 Å². The molecule has 0 spiro atoms. The molecule has 1 heterocycles. The summed E-state index contributed by atoms with van der Waals surface area (Å²) in [5.74, 6) is -0.929. The van der Waals surface area contributed by atoms with Crippen molar-refractivity contribution in [3.05, 3.63) is 11.4 Å². The Hall–Kier alpha value is -1.39. The van der Waals surface area contributed by atoms with Gasteiger partial charge in [0.1, 0.15) is 15.6 Å². The molecular formula is C8H8N2O3S2. The Morgan fingerprint density at radius 2 is 2.33 bits per heavy atom. The summed E-state index contributed by atoms with van der Waals surface area (Å²) in [5.41, 5.74) is 0. The number of nitrogens with one attached hydrogen (secondary N) is 1. The molecule has 0 aliphatic rings. The number of hydrogen-bond acceptors (Lipinski definition) is 5. The molecular weight excluding hydrogens is 236 g/mol. The zero-order chi connectivity index (χ0) is 11.5. The zero-order valence-corrected chi connectivity index (χ0v) is 9.48. The number of sulfone groups is 1. The molecule has 0 saturated carbocycles. The molecule has 1 N–H and O–H groups in total. The van der Waals surface area contributed by atoms with Crippen LogP contribution in [0.15, 0.2) is 16.3 Å². The maximum Gasteiger partial charge on any atom is 0.221 e. The van der Waals surface area contributed by atoms with Gasteiger partial charge in [0.05, 0.1) is 6.07 Å². The molecule has 80 valence electrons. The number of nitrogens with zero attached hydrogens (tertiary/aromatic N) is 1. The lowest BCUT2D eigenvalue weighted by molar-refractivity contribution is -0.114. The van der Waals surface area contributed by atoms with Crippen molar-refractivity contribution < 1.29 is 13.2 Å². The van der Waals surface area contributed by atoms with Crippen LogP contribution in [0.25, 0.3) is 0 Å². The van der Waals surface area contributed by atoms with E-state index in [2.05, 4.69) is 5.32 Å². The second kappa shape index (κ2) is 4.42. The van der Waals surface area contributed by atoms with Crippen molar-refractivity contribution >= 4 is 32.1 Å². The van der Waals surface area contributed by atoms with Gasteiger partial charge >= 0.3 is 0 Å². The standard InChI is InChI=1S/C8H8N2O3S2/c1-6(11)10-8-7(2-4-14-8)15(12,13)5-3-9/h2,4H,5H2,1H3,(H,10,11). The van der Waals surface area contributed by atoms with Gasteiger partial charge in [0.2, 0.25) is 5.91 Å². The van der Waals surface area contributed by atoms with Gasteiger partial charge in [0, 0.05) is 6.92 Å². The normalized spacial score (nSPS) is 10.7. The van der Waals surface area contributed by atoms with E-state index in [0.717, 1.165) is 11.3 Å². The molecule has 0 saturated heterocycles. The van der Waals surface area contributed by atoms with Crippen LogP contribution >= 0.6 is 11.3 Å². The molecule has 1 aromatic rings. The van der Waals surface area contributed by atoms with Crippen molar-refractivity contribution in [1.82, 2.24) is 0 Å². The molecule has 1 aromatic heterocycles. The molecule has 0 atom stereocenters. The van der Waals surface area contributed by atoms with Gasteiger partial charge in [-0.05, 0) is 11.4 Å². The van der Waals surface area contributed by atoms with E-state index < -0.39 is 15.6 Å². The maximum absolute atomic E-state index is 11.5. The van der Waals surface area contributed by atoms with Crippen LogP contribution in [0, 0.1) is 11.3 Å². The largest absolute Gasteiger partial charge is 0.317 e. The van der Waals surface area contributed by atoms with Crippen molar-refractivity contribution in [1.29, 1.82) is 5.26 Å². The lowest BCUT2D eigenvalue weighted by Gasteiger charge is -2.02. The van der Waals surface area contributed by atoms with Crippen LogP contribution in [0.1, 0.15) is 6.92 Å². The SMILES string of the molecule is CC(=O)Nc1sccc1S(=O)(=O)CC#N. The van der Waals surface area contributed by atoms with E-state index in [1.807, 2.05) is 0 Å². The summed E-state index contributed by atoms with van der Waals surface area (Å²) >= 11 is 1.11. The lowest BCUT2D eigenvalue weighted by atomic mass is 10.6. The molecule has 0 radical (unpaired) electrons. The smallest absolute Gasteiger partial charge is 0.221 e. The summed E-state index contributed by atoms with van der Waals surface area (Å²) in [5, 5.41) is 12.6. The Morgan fingerprint density at radius 1 is 1.67 bits per heavy atom. The molecule has 7 heteroatoms. The van der Waals surface area contributed by atoms with Gasteiger partial charge in [-0.3, -0.25) is 4.79 Å². The van der Waals surface area contributed by atoms with Gasteiger partial charge in [-0.25, -0.2) is 8.42 Å². The predicted octanol–water partition coefficient (Wildman–Crippen LogP) is 1.00. The average Bonchev–Trinajstić information content (AvgIpc) is 2.51. The fraction of sp³-hybridized carbons (Fsp3) is 0.250. The maximum atomic E-state index is 11.5. The van der Waals surface area contributed by atoms with E-state index in [4.69, 9.17) is 5.26 Å². The number of hydrogen-bond donors (Lipinski definition) is 1. The molecule has 0 aliphatic heterocycles. The molecule has 0 aromatic carbocycles. The minimum absolute atomic E-state index is 0.00394. The molecule has 0 aliphatic carbocycles. The van der Waals surface area contributed by atoms with Crippen LogP contribution in [0.4, 0.5) is 5.00 Å². The molecule has 0 fully saturated rings. The second-order valence-corrected chi connectivity index (χ2v) is 5.59. The Labute approximate surface area is 91.3 Å². The zero-order valence-electron chi connectivity index (χ0n) is 7.85. The third-order valence-corrected chi connectivity index (χ3v) is 3.99. The summed E-state index contributed by atoms with van der Waals surface area (Å²) in [6, 6.07) is 2.96. The number of carbonyl (C=O) groups excluding carboxylic acids is 1. The molecule has 1 amide bonds.